The summed E-state index contributed by atoms with van der Waals surface area (Å²) in [5.41, 5.74) is 2.84. The molecule has 0 spiro atoms. The van der Waals surface area contributed by atoms with Crippen molar-refractivity contribution in [2.24, 2.45) is 13.0 Å². The van der Waals surface area contributed by atoms with Crippen molar-refractivity contribution >= 4 is 11.3 Å². The number of likely N-dealkylation sites (tertiary alicyclic amines) is 1. The van der Waals surface area contributed by atoms with Crippen molar-refractivity contribution in [2.75, 3.05) is 13.1 Å². The summed E-state index contributed by atoms with van der Waals surface area (Å²) in [5.74, 6) is 0.799. The Bertz CT molecular complexity index is 489. The highest BCUT2D eigenvalue weighted by atomic mass is 32.1. The first-order chi connectivity index (χ1) is 8.79. The van der Waals surface area contributed by atoms with E-state index in [-0.39, 0.29) is 0 Å². The van der Waals surface area contributed by atoms with E-state index < -0.39 is 0 Å². The quantitative estimate of drug-likeness (QED) is 0.843. The lowest BCUT2D eigenvalue weighted by molar-refractivity contribution is 0.317. The van der Waals surface area contributed by atoms with Gasteiger partial charge in [-0.05, 0) is 53.3 Å². The van der Waals surface area contributed by atoms with Gasteiger partial charge in [-0.2, -0.15) is 16.4 Å². The molecule has 0 N–H and O–H groups in total. The summed E-state index contributed by atoms with van der Waals surface area (Å²) in [6, 6.07) is 2.24. The van der Waals surface area contributed by atoms with Crippen molar-refractivity contribution in [3.05, 3.63) is 40.3 Å². The highest BCUT2D eigenvalue weighted by Gasteiger charge is 2.22. The van der Waals surface area contributed by atoms with Gasteiger partial charge in [-0.3, -0.25) is 9.58 Å². The third-order valence-corrected chi connectivity index (χ3v) is 4.37. The van der Waals surface area contributed by atoms with Crippen LogP contribution in [0.4, 0.5) is 0 Å². The molecule has 1 atom stereocenters. The molecular weight excluding hydrogens is 242 g/mol. The lowest BCUT2D eigenvalue weighted by atomic mass is 10.0. The topological polar surface area (TPSA) is 21.1 Å². The molecule has 0 unspecified atom stereocenters. The van der Waals surface area contributed by atoms with Crippen LogP contribution in [0.5, 0.6) is 0 Å². The molecule has 0 saturated carbocycles. The molecule has 0 aliphatic carbocycles. The minimum Gasteiger partial charge on any atom is -0.299 e. The van der Waals surface area contributed by atoms with Gasteiger partial charge in [0.1, 0.15) is 0 Å². The molecule has 1 aliphatic rings. The second kappa shape index (κ2) is 5.24. The van der Waals surface area contributed by atoms with Crippen LogP contribution in [0.15, 0.2) is 29.2 Å². The van der Waals surface area contributed by atoms with Gasteiger partial charge >= 0.3 is 0 Å². The zero-order valence-electron chi connectivity index (χ0n) is 10.7. The van der Waals surface area contributed by atoms with E-state index in [1.54, 1.807) is 11.3 Å². The van der Waals surface area contributed by atoms with E-state index in [0.717, 1.165) is 12.5 Å². The molecule has 2 aromatic heterocycles. The summed E-state index contributed by atoms with van der Waals surface area (Å²) >= 11 is 1.79. The summed E-state index contributed by atoms with van der Waals surface area (Å²) in [6.07, 6.45) is 6.63. The standard InChI is InChI=1S/C14H19N3S/c1-16-8-14(7-15-16)6-12-2-4-17(9-12)10-13-3-5-18-11-13/h3,5,7-8,11-12H,2,4,6,9-10H2,1H3/t12-/m1/s1. The van der Waals surface area contributed by atoms with Gasteiger partial charge in [0.25, 0.3) is 0 Å². The second-order valence-corrected chi connectivity index (χ2v) is 6.03. The van der Waals surface area contributed by atoms with Crippen molar-refractivity contribution in [2.45, 2.75) is 19.4 Å². The number of aromatic nitrogens is 2. The van der Waals surface area contributed by atoms with Gasteiger partial charge in [-0.1, -0.05) is 0 Å². The molecule has 0 radical (unpaired) electrons. The van der Waals surface area contributed by atoms with Crippen LogP contribution in [0, 0.1) is 5.92 Å². The van der Waals surface area contributed by atoms with Crippen LogP contribution in [-0.2, 0) is 20.0 Å². The molecule has 4 heteroatoms. The summed E-state index contributed by atoms with van der Waals surface area (Å²) in [7, 11) is 1.99. The minimum absolute atomic E-state index is 0.799. The fraction of sp³-hybridized carbons (Fsp3) is 0.500. The van der Waals surface area contributed by atoms with Crippen LogP contribution in [0.2, 0.25) is 0 Å². The van der Waals surface area contributed by atoms with E-state index in [1.807, 2.05) is 17.9 Å². The molecule has 1 fully saturated rings. The Hall–Kier alpha value is -1.13. The van der Waals surface area contributed by atoms with Crippen LogP contribution in [0.25, 0.3) is 0 Å². The van der Waals surface area contributed by atoms with Crippen molar-refractivity contribution in [1.82, 2.24) is 14.7 Å². The maximum absolute atomic E-state index is 4.24. The van der Waals surface area contributed by atoms with Crippen molar-refractivity contribution in [1.29, 1.82) is 0 Å². The van der Waals surface area contributed by atoms with Gasteiger partial charge in [0.2, 0.25) is 0 Å². The smallest absolute Gasteiger partial charge is 0.0521 e. The lowest BCUT2D eigenvalue weighted by Gasteiger charge is -2.14. The van der Waals surface area contributed by atoms with Crippen LogP contribution < -0.4 is 0 Å². The number of hydrogen-bond donors (Lipinski definition) is 0. The average molecular weight is 261 g/mol. The number of aryl methyl sites for hydroxylation is 1. The fourth-order valence-corrected chi connectivity index (χ4v) is 3.43. The summed E-state index contributed by atoms with van der Waals surface area (Å²) in [6.45, 7) is 3.58. The highest BCUT2D eigenvalue weighted by Crippen LogP contribution is 2.22. The van der Waals surface area contributed by atoms with Gasteiger partial charge in [0.05, 0.1) is 6.20 Å². The number of rotatable bonds is 4. The first kappa shape index (κ1) is 11.9. The molecule has 3 heterocycles. The van der Waals surface area contributed by atoms with Crippen molar-refractivity contribution < 1.29 is 0 Å². The maximum atomic E-state index is 4.24. The number of nitrogens with zero attached hydrogens (tertiary/aromatic N) is 3. The third kappa shape index (κ3) is 2.82. The number of thiophene rings is 1. The average Bonchev–Trinajstić information content (AvgIpc) is 3.04. The Kier molecular flexibility index (Phi) is 3.48. The summed E-state index contributed by atoms with van der Waals surface area (Å²) in [4.78, 5) is 2.57. The number of hydrogen-bond acceptors (Lipinski definition) is 3. The Morgan fingerprint density at radius 3 is 3.11 bits per heavy atom. The van der Waals surface area contributed by atoms with E-state index >= 15 is 0 Å². The van der Waals surface area contributed by atoms with Gasteiger partial charge in [0, 0.05) is 26.3 Å². The molecule has 3 rings (SSSR count). The van der Waals surface area contributed by atoms with E-state index in [2.05, 4.69) is 33.0 Å². The van der Waals surface area contributed by atoms with E-state index in [4.69, 9.17) is 0 Å². The summed E-state index contributed by atoms with van der Waals surface area (Å²) in [5, 5.41) is 8.67. The van der Waals surface area contributed by atoms with Gasteiger partial charge in [-0.25, -0.2) is 0 Å². The predicted molar refractivity (Wildman–Crippen MR) is 74.6 cm³/mol. The Balaban J connectivity index is 1.52. The Labute approximate surface area is 112 Å². The van der Waals surface area contributed by atoms with E-state index in [0.29, 0.717) is 0 Å². The zero-order valence-corrected chi connectivity index (χ0v) is 11.6. The molecule has 2 aromatic rings. The van der Waals surface area contributed by atoms with Gasteiger partial charge in [-0.15, -0.1) is 0 Å². The molecule has 1 aliphatic heterocycles. The molecule has 0 aromatic carbocycles. The van der Waals surface area contributed by atoms with Crippen LogP contribution in [0.3, 0.4) is 0 Å². The van der Waals surface area contributed by atoms with Crippen LogP contribution >= 0.6 is 11.3 Å². The van der Waals surface area contributed by atoms with Crippen molar-refractivity contribution in [3.63, 3.8) is 0 Å². The summed E-state index contributed by atoms with van der Waals surface area (Å²) < 4.78 is 1.90. The Morgan fingerprint density at radius 2 is 2.39 bits per heavy atom. The first-order valence-corrected chi connectivity index (χ1v) is 7.45. The largest absolute Gasteiger partial charge is 0.299 e. The lowest BCUT2D eigenvalue weighted by Crippen LogP contribution is -2.20. The molecule has 96 valence electrons. The molecule has 18 heavy (non-hydrogen) atoms. The molecule has 0 bridgehead atoms. The maximum Gasteiger partial charge on any atom is 0.0521 e. The monoisotopic (exact) mass is 261 g/mol. The van der Waals surface area contributed by atoms with Crippen LogP contribution in [0.1, 0.15) is 17.5 Å². The van der Waals surface area contributed by atoms with Gasteiger partial charge in [0.15, 0.2) is 0 Å². The van der Waals surface area contributed by atoms with Crippen LogP contribution in [-0.4, -0.2) is 27.8 Å². The predicted octanol–water partition coefficient (Wildman–Crippen LogP) is 2.55. The SMILES string of the molecule is Cn1cc(C[C@H]2CCN(Cc3ccsc3)C2)cn1. The second-order valence-electron chi connectivity index (χ2n) is 5.25. The van der Waals surface area contributed by atoms with Crippen molar-refractivity contribution in [3.8, 4) is 0 Å². The van der Waals surface area contributed by atoms with Gasteiger partial charge < -0.3 is 0 Å². The molecule has 0 amide bonds. The molecular formula is C14H19N3S. The molecule has 1 saturated heterocycles. The van der Waals surface area contributed by atoms with E-state index in [1.165, 1.54) is 37.1 Å². The first-order valence-electron chi connectivity index (χ1n) is 6.50. The fourth-order valence-electron chi connectivity index (χ4n) is 2.77. The zero-order chi connectivity index (χ0) is 12.4. The minimum atomic E-state index is 0.799. The molecule has 3 nitrogen and oxygen atoms in total. The third-order valence-electron chi connectivity index (χ3n) is 3.64. The Morgan fingerprint density at radius 1 is 1.44 bits per heavy atom. The van der Waals surface area contributed by atoms with E-state index in [9.17, 15) is 0 Å². The normalized spacial score (nSPS) is 20.6. The highest BCUT2D eigenvalue weighted by molar-refractivity contribution is 7.07.